The molecule has 0 aromatic rings. The van der Waals surface area contributed by atoms with Crippen LogP contribution in [-0.2, 0) is 9.47 Å². The van der Waals surface area contributed by atoms with Crippen LogP contribution in [-0.4, -0.2) is 18.5 Å². The van der Waals surface area contributed by atoms with Crippen molar-refractivity contribution in [2.24, 2.45) is 0 Å². The normalized spacial score (nSPS) is 45.0. The summed E-state index contributed by atoms with van der Waals surface area (Å²) in [5.41, 5.74) is 0. The van der Waals surface area contributed by atoms with Gasteiger partial charge in [-0.15, -0.1) is 0 Å². The minimum absolute atomic E-state index is 0.155. The summed E-state index contributed by atoms with van der Waals surface area (Å²) in [6, 6.07) is 0. The van der Waals surface area contributed by atoms with Crippen LogP contribution in [0.4, 0.5) is 0 Å². The van der Waals surface area contributed by atoms with Crippen LogP contribution in [0.3, 0.4) is 0 Å². The van der Waals surface area contributed by atoms with Crippen LogP contribution in [0.5, 0.6) is 0 Å². The SMILES string of the molecule is C[C@H]1CC[C@@]2(CCCCO2)O1. The number of ether oxygens (including phenoxy) is 2. The fourth-order valence-electron chi connectivity index (χ4n) is 2.02. The zero-order valence-electron chi connectivity index (χ0n) is 7.14. The van der Waals surface area contributed by atoms with Crippen molar-refractivity contribution in [3.8, 4) is 0 Å². The molecular formula is C9H16O2. The van der Waals surface area contributed by atoms with Gasteiger partial charge in [0, 0.05) is 12.8 Å². The summed E-state index contributed by atoms with van der Waals surface area (Å²) < 4.78 is 11.4. The summed E-state index contributed by atoms with van der Waals surface area (Å²) in [4.78, 5) is 0. The van der Waals surface area contributed by atoms with Gasteiger partial charge in [0.25, 0.3) is 0 Å². The molecule has 0 radical (unpaired) electrons. The van der Waals surface area contributed by atoms with Gasteiger partial charge in [-0.1, -0.05) is 0 Å². The van der Waals surface area contributed by atoms with Crippen LogP contribution in [0.2, 0.25) is 0 Å². The third-order valence-corrected chi connectivity index (χ3v) is 2.66. The predicted octanol–water partition coefficient (Wildman–Crippen LogP) is 2.08. The van der Waals surface area contributed by atoms with Crippen molar-refractivity contribution in [3.05, 3.63) is 0 Å². The van der Waals surface area contributed by atoms with Gasteiger partial charge in [-0.05, 0) is 26.2 Å². The Morgan fingerprint density at radius 1 is 1.27 bits per heavy atom. The molecule has 0 unspecified atom stereocenters. The van der Waals surface area contributed by atoms with Gasteiger partial charge in [0.15, 0.2) is 5.79 Å². The first-order chi connectivity index (χ1) is 5.31. The van der Waals surface area contributed by atoms with E-state index in [1.54, 1.807) is 0 Å². The van der Waals surface area contributed by atoms with Crippen molar-refractivity contribution in [2.45, 2.75) is 50.9 Å². The highest BCUT2D eigenvalue weighted by atomic mass is 16.7. The molecular weight excluding hydrogens is 140 g/mol. The Kier molecular flexibility index (Phi) is 1.90. The lowest BCUT2D eigenvalue weighted by atomic mass is 10.0. The lowest BCUT2D eigenvalue weighted by Crippen LogP contribution is -2.35. The summed E-state index contributed by atoms with van der Waals surface area (Å²) in [5.74, 6) is -0.155. The molecule has 0 N–H and O–H groups in total. The first kappa shape index (κ1) is 7.56. The molecule has 2 atom stereocenters. The van der Waals surface area contributed by atoms with Crippen molar-refractivity contribution in [3.63, 3.8) is 0 Å². The van der Waals surface area contributed by atoms with Gasteiger partial charge in [-0.2, -0.15) is 0 Å². The number of hydrogen-bond acceptors (Lipinski definition) is 2. The maximum absolute atomic E-state index is 5.77. The average molecular weight is 156 g/mol. The van der Waals surface area contributed by atoms with Gasteiger partial charge < -0.3 is 9.47 Å². The largest absolute Gasteiger partial charge is 0.350 e. The summed E-state index contributed by atoms with van der Waals surface area (Å²) >= 11 is 0. The van der Waals surface area contributed by atoms with Crippen LogP contribution < -0.4 is 0 Å². The molecule has 2 heterocycles. The molecule has 0 amide bonds. The molecule has 0 bridgehead atoms. The van der Waals surface area contributed by atoms with Crippen LogP contribution in [0.15, 0.2) is 0 Å². The van der Waals surface area contributed by atoms with Gasteiger partial charge in [-0.3, -0.25) is 0 Å². The fourth-order valence-corrected chi connectivity index (χ4v) is 2.02. The summed E-state index contributed by atoms with van der Waals surface area (Å²) in [7, 11) is 0. The van der Waals surface area contributed by atoms with Crippen LogP contribution >= 0.6 is 0 Å². The van der Waals surface area contributed by atoms with Gasteiger partial charge in [0.05, 0.1) is 12.7 Å². The van der Waals surface area contributed by atoms with E-state index in [-0.39, 0.29) is 5.79 Å². The molecule has 2 aliphatic rings. The zero-order chi connectivity index (χ0) is 7.73. The van der Waals surface area contributed by atoms with Gasteiger partial charge in [0.1, 0.15) is 0 Å². The van der Waals surface area contributed by atoms with Gasteiger partial charge in [0.2, 0.25) is 0 Å². The summed E-state index contributed by atoms with van der Waals surface area (Å²) in [6.07, 6.45) is 6.27. The highest BCUT2D eigenvalue weighted by molar-refractivity contribution is 4.81. The van der Waals surface area contributed by atoms with E-state index in [9.17, 15) is 0 Å². The van der Waals surface area contributed by atoms with E-state index in [1.165, 1.54) is 19.3 Å². The molecule has 0 aliphatic carbocycles. The van der Waals surface area contributed by atoms with E-state index in [0.717, 1.165) is 19.4 Å². The third-order valence-electron chi connectivity index (χ3n) is 2.66. The summed E-state index contributed by atoms with van der Waals surface area (Å²) in [6.45, 7) is 3.03. The molecule has 0 aromatic heterocycles. The number of rotatable bonds is 0. The Labute approximate surface area is 67.9 Å². The highest BCUT2D eigenvalue weighted by Crippen LogP contribution is 2.37. The molecule has 2 fully saturated rings. The van der Waals surface area contributed by atoms with Crippen LogP contribution in [0.25, 0.3) is 0 Å². The molecule has 2 aliphatic heterocycles. The molecule has 2 nitrogen and oxygen atoms in total. The van der Waals surface area contributed by atoms with E-state index in [0.29, 0.717) is 6.10 Å². The minimum atomic E-state index is -0.155. The van der Waals surface area contributed by atoms with Crippen molar-refractivity contribution >= 4 is 0 Å². The second-order valence-electron chi connectivity index (χ2n) is 3.68. The molecule has 11 heavy (non-hydrogen) atoms. The van der Waals surface area contributed by atoms with Crippen molar-refractivity contribution in [2.75, 3.05) is 6.61 Å². The Morgan fingerprint density at radius 2 is 2.18 bits per heavy atom. The van der Waals surface area contributed by atoms with E-state index in [1.807, 2.05) is 0 Å². The molecule has 1 spiro atoms. The molecule has 2 saturated heterocycles. The third kappa shape index (κ3) is 1.42. The van der Waals surface area contributed by atoms with Crippen LogP contribution in [0.1, 0.15) is 39.0 Å². The minimum Gasteiger partial charge on any atom is -0.350 e. The average Bonchev–Trinajstić information content (AvgIpc) is 2.34. The summed E-state index contributed by atoms with van der Waals surface area (Å²) in [5, 5.41) is 0. The number of hydrogen-bond donors (Lipinski definition) is 0. The smallest absolute Gasteiger partial charge is 0.168 e. The Balaban J connectivity index is 1.98. The standard InChI is InChI=1S/C9H16O2/c1-8-4-6-9(11-8)5-2-3-7-10-9/h8H,2-7H2,1H3/t8-,9+/m0/s1. The molecule has 2 rings (SSSR count). The topological polar surface area (TPSA) is 18.5 Å². The van der Waals surface area contributed by atoms with E-state index < -0.39 is 0 Å². The molecule has 2 heteroatoms. The predicted molar refractivity (Wildman–Crippen MR) is 42.3 cm³/mol. The second kappa shape index (κ2) is 2.76. The Hall–Kier alpha value is -0.0800. The molecule has 0 aromatic carbocycles. The Morgan fingerprint density at radius 3 is 2.73 bits per heavy atom. The van der Waals surface area contributed by atoms with E-state index in [2.05, 4.69) is 6.92 Å². The first-order valence-corrected chi connectivity index (χ1v) is 4.63. The molecule has 0 saturated carbocycles. The quantitative estimate of drug-likeness (QED) is 0.534. The zero-order valence-corrected chi connectivity index (χ0v) is 7.14. The lowest BCUT2D eigenvalue weighted by Gasteiger charge is -2.33. The van der Waals surface area contributed by atoms with Crippen molar-refractivity contribution < 1.29 is 9.47 Å². The Bertz CT molecular complexity index is 133. The van der Waals surface area contributed by atoms with E-state index >= 15 is 0 Å². The lowest BCUT2D eigenvalue weighted by molar-refractivity contribution is -0.242. The molecule has 64 valence electrons. The van der Waals surface area contributed by atoms with Gasteiger partial charge in [-0.25, -0.2) is 0 Å². The van der Waals surface area contributed by atoms with Gasteiger partial charge >= 0.3 is 0 Å². The highest BCUT2D eigenvalue weighted by Gasteiger charge is 2.40. The van der Waals surface area contributed by atoms with E-state index in [4.69, 9.17) is 9.47 Å². The maximum atomic E-state index is 5.77. The maximum Gasteiger partial charge on any atom is 0.168 e. The second-order valence-corrected chi connectivity index (χ2v) is 3.68. The monoisotopic (exact) mass is 156 g/mol. The first-order valence-electron chi connectivity index (χ1n) is 4.63. The van der Waals surface area contributed by atoms with Crippen molar-refractivity contribution in [1.29, 1.82) is 0 Å². The van der Waals surface area contributed by atoms with Crippen LogP contribution in [0, 0.1) is 0 Å². The fraction of sp³-hybridized carbons (Fsp3) is 1.00. The van der Waals surface area contributed by atoms with Crippen molar-refractivity contribution in [1.82, 2.24) is 0 Å².